The molecule has 0 fully saturated rings. The number of aromatic nitrogens is 2. The number of ether oxygens (including phenoxy) is 1. The molecular weight excluding hydrogens is 375 g/mol. The molecular formula is C16H13ClF3N3OS. The van der Waals surface area contributed by atoms with Gasteiger partial charge in [-0.25, -0.2) is 0 Å². The van der Waals surface area contributed by atoms with E-state index in [4.69, 9.17) is 16.3 Å². The van der Waals surface area contributed by atoms with Crippen molar-refractivity contribution in [1.29, 1.82) is 0 Å². The second-order valence-corrected chi connectivity index (χ2v) is 6.63. The van der Waals surface area contributed by atoms with Crippen LogP contribution in [-0.4, -0.2) is 29.0 Å². The van der Waals surface area contributed by atoms with Crippen molar-refractivity contribution in [3.63, 3.8) is 0 Å². The lowest BCUT2D eigenvalue weighted by molar-refractivity contribution is -0.136. The van der Waals surface area contributed by atoms with E-state index in [-0.39, 0.29) is 5.13 Å². The zero-order valence-electron chi connectivity index (χ0n) is 12.8. The highest BCUT2D eigenvalue weighted by Gasteiger charge is 2.43. The lowest BCUT2D eigenvalue weighted by Crippen LogP contribution is -2.42. The van der Waals surface area contributed by atoms with E-state index in [0.717, 1.165) is 22.3 Å². The number of rotatable bonds is 5. The summed E-state index contributed by atoms with van der Waals surface area (Å²) in [5.74, 6) is 0.662. The normalized spacial score (nSPS) is 17.1. The van der Waals surface area contributed by atoms with Gasteiger partial charge in [0.2, 0.25) is 5.13 Å². The predicted octanol–water partition coefficient (Wildman–Crippen LogP) is 4.63. The van der Waals surface area contributed by atoms with Crippen LogP contribution >= 0.6 is 22.9 Å². The van der Waals surface area contributed by atoms with Crippen molar-refractivity contribution < 1.29 is 17.9 Å². The monoisotopic (exact) mass is 387 g/mol. The zero-order chi connectivity index (χ0) is 17.9. The van der Waals surface area contributed by atoms with Crippen LogP contribution < -0.4 is 9.64 Å². The molecule has 132 valence electrons. The van der Waals surface area contributed by atoms with E-state index in [0.29, 0.717) is 28.8 Å². The summed E-state index contributed by atoms with van der Waals surface area (Å²) in [5, 5.41) is 9.25. The van der Waals surface area contributed by atoms with Crippen LogP contribution in [0, 0.1) is 0 Å². The fourth-order valence-corrected chi connectivity index (χ4v) is 3.15. The summed E-state index contributed by atoms with van der Waals surface area (Å²) in [4.78, 5) is 1.07. The Hall–Kier alpha value is -2.06. The van der Waals surface area contributed by atoms with E-state index in [2.05, 4.69) is 10.2 Å². The maximum atomic E-state index is 13.1. The van der Waals surface area contributed by atoms with Gasteiger partial charge in [0, 0.05) is 17.6 Å². The van der Waals surface area contributed by atoms with Gasteiger partial charge in [-0.3, -0.25) is 0 Å². The van der Waals surface area contributed by atoms with E-state index in [9.17, 15) is 13.2 Å². The van der Waals surface area contributed by atoms with Crippen molar-refractivity contribution in [3.05, 3.63) is 58.7 Å². The van der Waals surface area contributed by atoms with E-state index >= 15 is 0 Å². The van der Waals surface area contributed by atoms with Gasteiger partial charge in [0.25, 0.3) is 0 Å². The topological polar surface area (TPSA) is 38.2 Å². The van der Waals surface area contributed by atoms with Crippen LogP contribution in [0.25, 0.3) is 0 Å². The Labute approximate surface area is 151 Å². The molecule has 0 saturated carbocycles. The van der Waals surface area contributed by atoms with Gasteiger partial charge in [0.15, 0.2) is 0 Å². The van der Waals surface area contributed by atoms with Crippen LogP contribution in [0.1, 0.15) is 5.01 Å². The molecule has 2 heterocycles. The highest BCUT2D eigenvalue weighted by atomic mass is 35.5. The smallest absolute Gasteiger partial charge is 0.412 e. The summed E-state index contributed by atoms with van der Waals surface area (Å²) in [6, 6.07) is 5.18. The van der Waals surface area contributed by atoms with Crippen LogP contribution in [0.5, 0.6) is 5.75 Å². The molecule has 3 rings (SSSR count). The van der Waals surface area contributed by atoms with Gasteiger partial charge in [-0.05, 0) is 30.3 Å². The molecule has 1 unspecified atom stereocenters. The molecule has 0 bridgehead atoms. The van der Waals surface area contributed by atoms with Crippen molar-refractivity contribution in [2.45, 2.75) is 18.6 Å². The predicted molar refractivity (Wildman–Crippen MR) is 91.2 cm³/mol. The molecule has 1 aromatic heterocycles. The third kappa shape index (κ3) is 4.52. The fraction of sp³-hybridized carbons (Fsp3) is 0.250. The van der Waals surface area contributed by atoms with Crippen molar-refractivity contribution in [1.82, 2.24) is 10.2 Å². The average Bonchev–Trinajstić information content (AvgIpc) is 3.05. The van der Waals surface area contributed by atoms with Crippen LogP contribution in [0.4, 0.5) is 18.3 Å². The maximum absolute atomic E-state index is 13.1. The Morgan fingerprint density at radius 1 is 1.16 bits per heavy atom. The van der Waals surface area contributed by atoms with Crippen LogP contribution in [0.2, 0.25) is 5.02 Å². The summed E-state index contributed by atoms with van der Waals surface area (Å²) in [7, 11) is 0. The number of nitrogens with zero attached hydrogens (tertiary/aromatic N) is 3. The minimum absolute atomic E-state index is 0.199. The van der Waals surface area contributed by atoms with Gasteiger partial charge in [-0.15, -0.1) is 10.2 Å². The lowest BCUT2D eigenvalue weighted by atomic mass is 10.2. The first-order valence-corrected chi connectivity index (χ1v) is 8.54. The van der Waals surface area contributed by atoms with Gasteiger partial charge in [0.05, 0.1) is 6.61 Å². The Bertz CT molecular complexity index is 774. The fourth-order valence-electron chi connectivity index (χ4n) is 2.18. The summed E-state index contributed by atoms with van der Waals surface area (Å²) in [6.07, 6.45) is 1.41. The van der Waals surface area contributed by atoms with E-state index in [1.807, 2.05) is 0 Å². The number of hydrogen-bond acceptors (Lipinski definition) is 5. The molecule has 4 nitrogen and oxygen atoms in total. The molecule has 0 spiro atoms. The highest BCUT2D eigenvalue weighted by Crippen LogP contribution is 2.33. The first-order chi connectivity index (χ1) is 11.9. The number of anilines is 1. The number of alkyl halides is 3. The van der Waals surface area contributed by atoms with E-state index in [1.54, 1.807) is 24.3 Å². The first-order valence-electron chi connectivity index (χ1n) is 7.34. The van der Waals surface area contributed by atoms with Gasteiger partial charge < -0.3 is 9.64 Å². The van der Waals surface area contributed by atoms with E-state index < -0.39 is 12.2 Å². The molecule has 0 aliphatic carbocycles. The highest BCUT2D eigenvalue weighted by molar-refractivity contribution is 7.15. The van der Waals surface area contributed by atoms with Gasteiger partial charge in [-0.1, -0.05) is 35.1 Å². The molecule has 25 heavy (non-hydrogen) atoms. The summed E-state index contributed by atoms with van der Waals surface area (Å²) in [6.45, 7) is 0.342. The molecule has 1 aliphatic rings. The summed E-state index contributed by atoms with van der Waals surface area (Å²) in [5.41, 5.74) is 0. The molecule has 0 amide bonds. The van der Waals surface area contributed by atoms with Gasteiger partial charge in [0.1, 0.15) is 16.8 Å². The minimum Gasteiger partial charge on any atom is -0.493 e. The Kier molecular flexibility index (Phi) is 5.29. The number of allylic oxidation sites excluding steroid dienone is 2. The Balaban J connectivity index is 1.61. The third-order valence-corrected chi connectivity index (χ3v) is 4.61. The number of hydrogen-bond donors (Lipinski definition) is 0. The quantitative estimate of drug-likeness (QED) is 0.749. The molecule has 1 aliphatic heterocycles. The summed E-state index contributed by atoms with van der Waals surface area (Å²) >= 11 is 6.91. The second kappa shape index (κ2) is 7.45. The first kappa shape index (κ1) is 17.8. The number of halogens is 4. The van der Waals surface area contributed by atoms with Crippen molar-refractivity contribution >= 4 is 28.1 Å². The Morgan fingerprint density at radius 3 is 2.64 bits per heavy atom. The molecule has 0 saturated heterocycles. The van der Waals surface area contributed by atoms with Crippen LogP contribution in [0.3, 0.4) is 0 Å². The lowest BCUT2D eigenvalue weighted by Gasteiger charge is -2.29. The average molecular weight is 388 g/mol. The molecule has 2 aromatic rings. The molecule has 1 aromatic carbocycles. The van der Waals surface area contributed by atoms with Crippen LogP contribution in [0.15, 0.2) is 48.7 Å². The third-order valence-electron chi connectivity index (χ3n) is 3.36. The summed E-state index contributed by atoms with van der Waals surface area (Å²) < 4.78 is 44.9. The standard InChI is InChI=1S/C16H13ClF3N3OS/c17-11-4-6-12(7-5-11)24-10-8-14-21-22-15(25-14)23-9-2-1-3-13(23)16(18,19)20/h1-7,9,13H,8,10H2. The second-order valence-electron chi connectivity index (χ2n) is 5.15. The zero-order valence-corrected chi connectivity index (χ0v) is 14.4. The van der Waals surface area contributed by atoms with Gasteiger partial charge >= 0.3 is 6.18 Å². The molecule has 1 atom stereocenters. The maximum Gasteiger partial charge on any atom is 0.412 e. The largest absolute Gasteiger partial charge is 0.493 e. The Morgan fingerprint density at radius 2 is 1.92 bits per heavy atom. The van der Waals surface area contributed by atoms with Crippen molar-refractivity contribution in [2.75, 3.05) is 11.5 Å². The number of benzene rings is 1. The molecule has 9 heteroatoms. The van der Waals surface area contributed by atoms with E-state index in [1.165, 1.54) is 18.4 Å². The molecule has 0 radical (unpaired) electrons. The van der Waals surface area contributed by atoms with Crippen LogP contribution in [-0.2, 0) is 6.42 Å². The SMILES string of the molecule is FC(F)(F)C1C=CC=CN1c1nnc(CCOc2ccc(Cl)cc2)s1. The molecule has 0 N–H and O–H groups in total. The minimum atomic E-state index is -4.38. The van der Waals surface area contributed by atoms with Crippen molar-refractivity contribution in [3.8, 4) is 5.75 Å². The van der Waals surface area contributed by atoms with Gasteiger partial charge in [-0.2, -0.15) is 13.2 Å². The van der Waals surface area contributed by atoms with Crippen molar-refractivity contribution in [2.24, 2.45) is 0 Å².